The second-order valence-electron chi connectivity index (χ2n) is 6.43. The molecule has 118 valence electrons. The van der Waals surface area contributed by atoms with E-state index in [2.05, 4.69) is 0 Å². The molecule has 4 heteroatoms. The van der Waals surface area contributed by atoms with Gasteiger partial charge in [-0.3, -0.25) is 9.59 Å². The van der Waals surface area contributed by atoms with Crippen LogP contribution < -0.4 is 0 Å². The molecule has 1 N–H and O–H groups in total. The van der Waals surface area contributed by atoms with E-state index in [1.54, 1.807) is 6.07 Å². The van der Waals surface area contributed by atoms with Gasteiger partial charge < -0.3 is 10.0 Å². The van der Waals surface area contributed by atoms with Crippen LogP contribution in [-0.4, -0.2) is 34.0 Å². The number of hydrogen-bond donors (Lipinski definition) is 1. The van der Waals surface area contributed by atoms with Gasteiger partial charge in [-0.15, -0.1) is 0 Å². The molecule has 1 amide bonds. The number of likely N-dealkylation sites (N-methyl/N-ethyl adjacent to an activating group) is 1. The first kappa shape index (κ1) is 15.1. The number of fused-ring (bicyclic) bond motifs is 1. The number of nitrogens with zero attached hydrogens (tertiary/aromatic N) is 1. The van der Waals surface area contributed by atoms with Crippen LogP contribution in [0, 0.1) is 0 Å². The number of rotatable bonds is 2. The summed E-state index contributed by atoms with van der Waals surface area (Å²) in [5, 5.41) is 9.96. The average Bonchev–Trinajstić information content (AvgIpc) is 2.74. The number of carbonyl (C=O) groups excluding carboxylic acids is 1. The summed E-state index contributed by atoms with van der Waals surface area (Å²) in [4.78, 5) is 26.9. The molecule has 1 aromatic rings. The van der Waals surface area contributed by atoms with Crippen molar-refractivity contribution in [1.82, 2.24) is 4.90 Å². The fourth-order valence-corrected chi connectivity index (χ4v) is 4.46. The Balaban J connectivity index is 2.21. The summed E-state index contributed by atoms with van der Waals surface area (Å²) in [5.74, 6) is -1.42. The lowest BCUT2D eigenvalue weighted by Crippen LogP contribution is -2.60. The van der Waals surface area contributed by atoms with Gasteiger partial charge in [0.15, 0.2) is 0 Å². The zero-order valence-corrected chi connectivity index (χ0v) is 13.0. The second kappa shape index (κ2) is 5.75. The zero-order valence-electron chi connectivity index (χ0n) is 13.0. The molecule has 1 spiro atoms. The summed E-state index contributed by atoms with van der Waals surface area (Å²) in [6.45, 7) is 2.52. The fourth-order valence-electron chi connectivity index (χ4n) is 4.46. The Bertz CT molecular complexity index is 588. The molecule has 1 saturated carbocycles. The highest BCUT2D eigenvalue weighted by Crippen LogP contribution is 2.48. The molecule has 22 heavy (non-hydrogen) atoms. The molecule has 1 fully saturated rings. The van der Waals surface area contributed by atoms with Gasteiger partial charge in [0.25, 0.3) is 5.91 Å². The van der Waals surface area contributed by atoms with Crippen molar-refractivity contribution in [2.45, 2.75) is 56.9 Å². The van der Waals surface area contributed by atoms with Gasteiger partial charge in [-0.1, -0.05) is 43.9 Å². The molecular formula is C18H23NO3. The van der Waals surface area contributed by atoms with Crippen molar-refractivity contribution >= 4 is 11.9 Å². The molecule has 1 heterocycles. The van der Waals surface area contributed by atoms with Crippen molar-refractivity contribution in [1.29, 1.82) is 0 Å². The van der Waals surface area contributed by atoms with Gasteiger partial charge in [-0.2, -0.15) is 0 Å². The summed E-state index contributed by atoms with van der Waals surface area (Å²) < 4.78 is 0. The molecule has 2 aliphatic rings. The van der Waals surface area contributed by atoms with E-state index in [4.69, 9.17) is 0 Å². The molecule has 1 aromatic carbocycles. The van der Waals surface area contributed by atoms with Crippen LogP contribution in [0.5, 0.6) is 0 Å². The highest BCUT2D eigenvalue weighted by molar-refractivity contribution is 6.01. The normalized spacial score (nSPS) is 24.0. The lowest BCUT2D eigenvalue weighted by atomic mass is 9.69. The van der Waals surface area contributed by atoms with Crippen LogP contribution in [0.15, 0.2) is 24.3 Å². The Morgan fingerprint density at radius 2 is 1.86 bits per heavy atom. The molecular weight excluding hydrogens is 278 g/mol. The summed E-state index contributed by atoms with van der Waals surface area (Å²) in [7, 11) is 0. The predicted molar refractivity (Wildman–Crippen MR) is 84.0 cm³/mol. The van der Waals surface area contributed by atoms with Crippen LogP contribution in [0.3, 0.4) is 0 Å². The van der Waals surface area contributed by atoms with Crippen molar-refractivity contribution in [3.8, 4) is 0 Å². The Morgan fingerprint density at radius 3 is 2.45 bits per heavy atom. The van der Waals surface area contributed by atoms with Gasteiger partial charge in [0.05, 0.1) is 5.54 Å². The zero-order chi connectivity index (χ0) is 15.7. The number of amides is 1. The van der Waals surface area contributed by atoms with Gasteiger partial charge in [0, 0.05) is 12.1 Å². The van der Waals surface area contributed by atoms with Crippen molar-refractivity contribution in [2.75, 3.05) is 6.54 Å². The molecule has 0 bridgehead atoms. The van der Waals surface area contributed by atoms with Crippen LogP contribution in [0.25, 0.3) is 0 Å². The van der Waals surface area contributed by atoms with E-state index in [-0.39, 0.29) is 5.91 Å². The number of hydrogen-bond acceptors (Lipinski definition) is 2. The minimum absolute atomic E-state index is 0.00231. The Morgan fingerprint density at radius 1 is 1.23 bits per heavy atom. The molecule has 1 aliphatic carbocycles. The summed E-state index contributed by atoms with van der Waals surface area (Å²) in [6.07, 6.45) is 5.82. The summed E-state index contributed by atoms with van der Waals surface area (Å²) >= 11 is 0. The molecule has 1 unspecified atom stereocenters. The van der Waals surface area contributed by atoms with E-state index in [1.165, 1.54) is 0 Å². The van der Waals surface area contributed by atoms with Crippen LogP contribution in [-0.2, 0) is 4.79 Å². The van der Waals surface area contributed by atoms with Gasteiger partial charge in [-0.05, 0) is 31.4 Å². The van der Waals surface area contributed by atoms with Crippen molar-refractivity contribution in [3.05, 3.63) is 35.4 Å². The first-order chi connectivity index (χ1) is 10.6. The second-order valence-corrected chi connectivity index (χ2v) is 6.43. The largest absolute Gasteiger partial charge is 0.481 e. The Hall–Kier alpha value is -1.84. The molecule has 0 aromatic heterocycles. The Labute approximate surface area is 131 Å². The maximum atomic E-state index is 12.9. The van der Waals surface area contributed by atoms with E-state index >= 15 is 0 Å². The summed E-state index contributed by atoms with van der Waals surface area (Å²) in [6, 6.07) is 7.24. The van der Waals surface area contributed by atoms with Crippen LogP contribution in [0.1, 0.15) is 67.3 Å². The van der Waals surface area contributed by atoms with Gasteiger partial charge in [0.2, 0.25) is 0 Å². The monoisotopic (exact) mass is 301 g/mol. The first-order valence-corrected chi connectivity index (χ1v) is 8.25. The van der Waals surface area contributed by atoms with Crippen LogP contribution in [0.2, 0.25) is 0 Å². The molecule has 3 rings (SSSR count). The standard InChI is InChI=1S/C18H23NO3/c1-2-19-16(20)14-10-6-5-9-13(14)15(17(21)22)18(19)11-7-3-4-8-12-18/h5-6,9-10,15H,2-4,7-8,11-12H2,1H3,(H,21,22). The highest BCUT2D eigenvalue weighted by Gasteiger charge is 2.53. The Kier molecular flexibility index (Phi) is 3.94. The maximum Gasteiger partial charge on any atom is 0.313 e. The van der Waals surface area contributed by atoms with Crippen molar-refractivity contribution < 1.29 is 14.7 Å². The van der Waals surface area contributed by atoms with E-state index in [1.807, 2.05) is 30.0 Å². The SMILES string of the molecule is CCN1C(=O)c2ccccc2C(C(=O)O)C12CCCCCC2. The predicted octanol–water partition coefficient (Wildman–Crippen LogP) is 3.42. The first-order valence-electron chi connectivity index (χ1n) is 8.25. The average molecular weight is 301 g/mol. The van der Waals surface area contributed by atoms with E-state index in [0.717, 1.165) is 38.5 Å². The number of carboxylic acids is 1. The van der Waals surface area contributed by atoms with Gasteiger partial charge in [-0.25, -0.2) is 0 Å². The third-order valence-electron chi connectivity index (χ3n) is 5.35. The topological polar surface area (TPSA) is 57.6 Å². The summed E-state index contributed by atoms with van der Waals surface area (Å²) in [5.41, 5.74) is 0.709. The molecule has 1 atom stereocenters. The van der Waals surface area contributed by atoms with Crippen LogP contribution >= 0.6 is 0 Å². The smallest absolute Gasteiger partial charge is 0.313 e. The molecule has 0 saturated heterocycles. The molecule has 0 radical (unpaired) electrons. The minimum Gasteiger partial charge on any atom is -0.481 e. The number of aliphatic carboxylic acids is 1. The maximum absolute atomic E-state index is 12.9. The number of benzene rings is 1. The quantitative estimate of drug-likeness (QED) is 0.910. The lowest BCUT2D eigenvalue weighted by molar-refractivity contribution is -0.143. The van der Waals surface area contributed by atoms with Gasteiger partial charge >= 0.3 is 5.97 Å². The fraction of sp³-hybridized carbons (Fsp3) is 0.556. The minimum atomic E-state index is -0.805. The van der Waals surface area contributed by atoms with Crippen molar-refractivity contribution in [3.63, 3.8) is 0 Å². The number of carboxylic acid groups (broad SMARTS) is 1. The number of carbonyl (C=O) groups is 2. The van der Waals surface area contributed by atoms with E-state index in [0.29, 0.717) is 17.7 Å². The highest BCUT2D eigenvalue weighted by atomic mass is 16.4. The van der Waals surface area contributed by atoms with Crippen molar-refractivity contribution in [2.24, 2.45) is 0 Å². The third kappa shape index (κ3) is 2.13. The molecule has 1 aliphatic heterocycles. The van der Waals surface area contributed by atoms with E-state index < -0.39 is 17.4 Å². The third-order valence-corrected chi connectivity index (χ3v) is 5.35. The van der Waals surface area contributed by atoms with Gasteiger partial charge in [0.1, 0.15) is 5.92 Å². The van der Waals surface area contributed by atoms with Crippen LogP contribution in [0.4, 0.5) is 0 Å². The molecule has 4 nitrogen and oxygen atoms in total. The van der Waals surface area contributed by atoms with E-state index in [9.17, 15) is 14.7 Å². The lowest BCUT2D eigenvalue weighted by Gasteiger charge is -2.50.